The first kappa shape index (κ1) is 14.2. The summed E-state index contributed by atoms with van der Waals surface area (Å²) in [7, 11) is 1.97. The minimum atomic E-state index is 0. The zero-order chi connectivity index (χ0) is 10.2. The molecule has 0 spiro atoms. The molecule has 2 aromatic rings. The van der Waals surface area contributed by atoms with Crippen molar-refractivity contribution in [1.82, 2.24) is 5.32 Å². The molecule has 1 atom stereocenters. The van der Waals surface area contributed by atoms with E-state index in [2.05, 4.69) is 36.5 Å². The van der Waals surface area contributed by atoms with Gasteiger partial charge in [-0.1, -0.05) is 6.92 Å². The van der Waals surface area contributed by atoms with Crippen LogP contribution in [0.1, 0.15) is 18.5 Å². The number of nitrogens with one attached hydrogen (secondary N) is 1. The fraction of sp³-hybridized carbons (Fsp3) is 0.231. The monoisotopic (exact) mass is 243 g/mol. The van der Waals surface area contributed by atoms with E-state index in [-0.39, 0.29) is 17.1 Å². The summed E-state index contributed by atoms with van der Waals surface area (Å²) >= 11 is 0. The molecule has 1 nitrogen and oxygen atoms in total. The van der Waals surface area contributed by atoms with E-state index in [9.17, 15) is 0 Å². The summed E-state index contributed by atoms with van der Waals surface area (Å²) in [5.74, 6) is 0. The van der Waals surface area contributed by atoms with E-state index >= 15 is 0 Å². The van der Waals surface area contributed by atoms with Gasteiger partial charge in [0.15, 0.2) is 0 Å². The summed E-state index contributed by atoms with van der Waals surface area (Å²) in [4.78, 5) is 0. The van der Waals surface area contributed by atoms with Gasteiger partial charge < -0.3 is 35.6 Å². The third-order valence-corrected chi connectivity index (χ3v) is 2.18. The molecule has 0 aliphatic carbocycles. The van der Waals surface area contributed by atoms with Gasteiger partial charge >= 0.3 is 0 Å². The van der Waals surface area contributed by atoms with E-state index in [0.29, 0.717) is 6.04 Å². The van der Waals surface area contributed by atoms with E-state index < -0.39 is 0 Å². The van der Waals surface area contributed by atoms with Gasteiger partial charge in [0.1, 0.15) is 0 Å². The molecule has 0 amide bonds. The molecule has 0 heterocycles. The minimum absolute atomic E-state index is 0. The zero-order valence-electron chi connectivity index (χ0n) is 9.13. The van der Waals surface area contributed by atoms with E-state index in [4.69, 9.17) is 0 Å². The Bertz CT molecular complexity index is 280. The first-order valence-corrected chi connectivity index (χ1v) is 4.90. The van der Waals surface area contributed by atoms with Crippen molar-refractivity contribution in [2.24, 2.45) is 0 Å². The standard InChI is InChI=1S/C8H12N.C5H5.Fe/c1-7(9-2)8-5-3-4-6-8;1-2-4-5-3-1;/h3-7,9H,1-2H3;1-5H;/q-1;-5;. The molecule has 2 heteroatoms. The van der Waals surface area contributed by atoms with Crippen LogP contribution in [-0.4, -0.2) is 7.05 Å². The van der Waals surface area contributed by atoms with Crippen LogP contribution in [0, 0.1) is 0 Å². The van der Waals surface area contributed by atoms with Gasteiger partial charge in [-0.3, -0.25) is 0 Å². The first-order valence-electron chi connectivity index (χ1n) is 4.90. The summed E-state index contributed by atoms with van der Waals surface area (Å²) < 4.78 is 0. The summed E-state index contributed by atoms with van der Waals surface area (Å²) in [6, 6.07) is 18.9. The summed E-state index contributed by atoms with van der Waals surface area (Å²) in [5, 5.41) is 3.17. The van der Waals surface area contributed by atoms with Crippen molar-refractivity contribution in [3.05, 3.63) is 60.2 Å². The molecule has 0 aromatic heterocycles. The average Bonchev–Trinajstić information content (AvgIpc) is 2.91. The topological polar surface area (TPSA) is 12.0 Å². The predicted octanol–water partition coefficient (Wildman–Crippen LogP) is 3.09. The molecule has 0 saturated carbocycles. The second-order valence-electron chi connectivity index (χ2n) is 3.19. The Labute approximate surface area is 103 Å². The Hall–Kier alpha value is -0.821. The predicted molar refractivity (Wildman–Crippen MR) is 61.5 cm³/mol. The second-order valence-corrected chi connectivity index (χ2v) is 3.19. The average molecular weight is 243 g/mol. The van der Waals surface area contributed by atoms with Gasteiger partial charge in [-0.05, 0) is 13.1 Å². The zero-order valence-corrected chi connectivity index (χ0v) is 10.2. The van der Waals surface area contributed by atoms with E-state index in [1.54, 1.807) is 0 Å². The van der Waals surface area contributed by atoms with Gasteiger partial charge in [0, 0.05) is 17.1 Å². The molecule has 0 aliphatic rings. The van der Waals surface area contributed by atoms with Gasteiger partial charge in [0.25, 0.3) is 0 Å². The van der Waals surface area contributed by atoms with Crippen molar-refractivity contribution >= 4 is 0 Å². The fourth-order valence-corrected chi connectivity index (χ4v) is 1.16. The fourth-order valence-electron chi connectivity index (χ4n) is 1.16. The van der Waals surface area contributed by atoms with Crippen molar-refractivity contribution in [2.75, 3.05) is 7.05 Å². The maximum atomic E-state index is 3.17. The molecule has 0 fully saturated rings. The van der Waals surface area contributed by atoms with E-state index in [0.717, 1.165) is 0 Å². The van der Waals surface area contributed by atoms with Crippen molar-refractivity contribution in [2.45, 2.75) is 13.0 Å². The number of rotatable bonds is 2. The minimum Gasteiger partial charge on any atom is -0.748 e. The maximum absolute atomic E-state index is 3.17. The molecule has 1 unspecified atom stereocenters. The van der Waals surface area contributed by atoms with Gasteiger partial charge in [0.2, 0.25) is 0 Å². The van der Waals surface area contributed by atoms with Crippen LogP contribution in [0.3, 0.4) is 0 Å². The second kappa shape index (κ2) is 8.48. The molecule has 0 radical (unpaired) electrons. The molecule has 0 bridgehead atoms. The van der Waals surface area contributed by atoms with Crippen LogP contribution >= 0.6 is 0 Å². The molecular weight excluding hydrogens is 226 g/mol. The Morgan fingerprint density at radius 3 is 1.73 bits per heavy atom. The van der Waals surface area contributed by atoms with Gasteiger partial charge in [-0.2, -0.15) is 12.1 Å². The Morgan fingerprint density at radius 1 is 1.00 bits per heavy atom. The Balaban J connectivity index is 0.000000280. The summed E-state index contributed by atoms with van der Waals surface area (Å²) in [6.45, 7) is 2.15. The molecular formula is C13H17FeN-6. The van der Waals surface area contributed by atoms with Gasteiger partial charge in [-0.15, -0.1) is 5.56 Å². The van der Waals surface area contributed by atoms with Crippen LogP contribution in [0.2, 0.25) is 0 Å². The van der Waals surface area contributed by atoms with Crippen LogP contribution < -0.4 is 5.32 Å². The molecule has 88 valence electrons. The first-order chi connectivity index (χ1) is 6.84. The van der Waals surface area contributed by atoms with Gasteiger partial charge in [0.05, 0.1) is 0 Å². The molecule has 15 heavy (non-hydrogen) atoms. The molecule has 2 rings (SSSR count). The summed E-state index contributed by atoms with van der Waals surface area (Å²) in [6.07, 6.45) is 0. The van der Waals surface area contributed by atoms with E-state index in [1.165, 1.54) is 5.56 Å². The van der Waals surface area contributed by atoms with Crippen molar-refractivity contribution < 1.29 is 17.1 Å². The normalized spacial score (nSPS) is 10.8. The smallest absolute Gasteiger partial charge is 0 e. The quantitative estimate of drug-likeness (QED) is 0.631. The molecule has 0 saturated heterocycles. The van der Waals surface area contributed by atoms with Crippen LogP contribution in [0.25, 0.3) is 0 Å². The SMILES string of the molecule is CNC(C)[c-]1cccc1.[Fe].[cH-]1[cH-][cH-][cH-][cH-]1. The maximum Gasteiger partial charge on any atom is 0 e. The number of hydrogen-bond acceptors (Lipinski definition) is 1. The van der Waals surface area contributed by atoms with Crippen LogP contribution in [0.15, 0.2) is 54.6 Å². The third kappa shape index (κ3) is 5.58. The van der Waals surface area contributed by atoms with Crippen molar-refractivity contribution in [1.29, 1.82) is 0 Å². The van der Waals surface area contributed by atoms with Crippen LogP contribution in [-0.2, 0) is 17.1 Å². The summed E-state index contributed by atoms with van der Waals surface area (Å²) in [5.41, 5.74) is 1.36. The van der Waals surface area contributed by atoms with E-state index in [1.807, 2.05) is 37.4 Å². The molecule has 2 aromatic carbocycles. The number of hydrogen-bond donors (Lipinski definition) is 1. The Kier molecular flexibility index (Phi) is 8.02. The Morgan fingerprint density at radius 2 is 1.40 bits per heavy atom. The van der Waals surface area contributed by atoms with Gasteiger partial charge in [-0.25, -0.2) is 12.1 Å². The van der Waals surface area contributed by atoms with Crippen LogP contribution in [0.4, 0.5) is 0 Å². The molecule has 0 aliphatic heterocycles. The van der Waals surface area contributed by atoms with Crippen LogP contribution in [0.5, 0.6) is 0 Å². The molecule has 1 N–H and O–H groups in total. The third-order valence-electron chi connectivity index (χ3n) is 2.18. The largest absolute Gasteiger partial charge is 0.748 e. The van der Waals surface area contributed by atoms with Crippen molar-refractivity contribution in [3.8, 4) is 0 Å². The van der Waals surface area contributed by atoms with Crippen molar-refractivity contribution in [3.63, 3.8) is 0 Å².